The number of hydrogen-bond acceptors (Lipinski definition) is 5. The molecular weight excluding hydrogens is 428 g/mol. The van der Waals surface area contributed by atoms with Crippen molar-refractivity contribution >= 4 is 11.5 Å². The molecule has 0 aromatic carbocycles. The van der Waals surface area contributed by atoms with Gasteiger partial charge in [0.15, 0.2) is 17.2 Å². The maximum Gasteiger partial charge on any atom is 0.433 e. The highest BCUT2D eigenvalue weighted by atomic mass is 19.4. The number of fused-ring (bicyclic) bond motifs is 2. The van der Waals surface area contributed by atoms with Crippen molar-refractivity contribution in [3.8, 4) is 0 Å². The van der Waals surface area contributed by atoms with Crippen LogP contribution in [-0.4, -0.2) is 26.1 Å². The van der Waals surface area contributed by atoms with Crippen LogP contribution in [0.3, 0.4) is 0 Å². The van der Waals surface area contributed by atoms with Crippen LogP contribution in [0.2, 0.25) is 0 Å². The van der Waals surface area contributed by atoms with E-state index in [1.165, 1.54) is 6.92 Å². The van der Waals surface area contributed by atoms with Crippen LogP contribution in [0.25, 0.3) is 5.65 Å². The van der Waals surface area contributed by atoms with E-state index in [1.807, 2.05) is 0 Å². The van der Waals surface area contributed by atoms with Crippen molar-refractivity contribution in [1.29, 1.82) is 0 Å². The number of hydrogen-bond donors (Lipinski definition) is 0. The van der Waals surface area contributed by atoms with Gasteiger partial charge in [0.25, 0.3) is 5.56 Å². The van der Waals surface area contributed by atoms with E-state index in [0.29, 0.717) is 41.4 Å². The Hall–Kier alpha value is -3.18. The number of halogens is 6. The zero-order valence-electron chi connectivity index (χ0n) is 16.3. The van der Waals surface area contributed by atoms with Gasteiger partial charge in [0.05, 0.1) is 5.56 Å². The normalized spacial score (nSPS) is 14.8. The van der Waals surface area contributed by atoms with Gasteiger partial charge in [-0.1, -0.05) is 0 Å². The third kappa shape index (κ3) is 3.70. The molecule has 4 rings (SSSR count). The van der Waals surface area contributed by atoms with Crippen LogP contribution in [-0.2, 0) is 25.3 Å². The second-order valence-electron chi connectivity index (χ2n) is 7.29. The predicted octanol–water partition coefficient (Wildman–Crippen LogP) is 3.70. The van der Waals surface area contributed by atoms with Crippen molar-refractivity contribution in [1.82, 2.24) is 19.6 Å². The fourth-order valence-electron chi connectivity index (χ4n) is 3.53. The maximum absolute atomic E-state index is 13.0. The molecule has 0 saturated carbocycles. The van der Waals surface area contributed by atoms with Gasteiger partial charge >= 0.3 is 12.4 Å². The van der Waals surface area contributed by atoms with Crippen molar-refractivity contribution in [3.63, 3.8) is 0 Å². The fraction of sp³-hybridized carbons (Fsp3) is 0.368. The molecule has 4 heterocycles. The van der Waals surface area contributed by atoms with E-state index in [2.05, 4.69) is 15.1 Å². The molecule has 3 aromatic heterocycles. The summed E-state index contributed by atoms with van der Waals surface area (Å²) in [5.74, 6) is 0.289. The average Bonchev–Trinajstić information content (AvgIpc) is 2.68. The second-order valence-corrected chi connectivity index (χ2v) is 7.29. The van der Waals surface area contributed by atoms with Crippen LogP contribution in [0, 0.1) is 13.8 Å². The maximum atomic E-state index is 13.0. The molecule has 3 aromatic rings. The molecule has 6 nitrogen and oxygen atoms in total. The lowest BCUT2D eigenvalue weighted by atomic mass is 10.0. The molecule has 164 valence electrons. The number of anilines is 1. The standard InChI is InChI=1S/C19H15F6N5O/c1-9-10(2)17(28-30-15(31)6-14(19(23,24)25)27-16(9)30)29-4-3-13-11(8-29)5-12(7-26-13)18(20,21)22/h5-7H,3-4,8H2,1-2H3. The molecular formula is C19H15F6N5O. The summed E-state index contributed by atoms with van der Waals surface area (Å²) in [4.78, 5) is 21.4. The number of aromatic nitrogens is 4. The lowest BCUT2D eigenvalue weighted by Gasteiger charge is -2.31. The fourth-order valence-corrected chi connectivity index (χ4v) is 3.53. The van der Waals surface area contributed by atoms with Gasteiger partial charge < -0.3 is 4.90 Å². The van der Waals surface area contributed by atoms with Crippen molar-refractivity contribution in [3.05, 3.63) is 62.3 Å². The molecule has 0 amide bonds. The molecule has 1 aliphatic heterocycles. The predicted molar refractivity (Wildman–Crippen MR) is 97.7 cm³/mol. The highest BCUT2D eigenvalue weighted by Crippen LogP contribution is 2.33. The molecule has 12 heteroatoms. The Labute approximate surface area is 171 Å². The van der Waals surface area contributed by atoms with Gasteiger partial charge in [-0.05, 0) is 25.5 Å². The Morgan fingerprint density at radius 2 is 1.71 bits per heavy atom. The van der Waals surface area contributed by atoms with Crippen LogP contribution in [0.5, 0.6) is 0 Å². The molecule has 31 heavy (non-hydrogen) atoms. The van der Waals surface area contributed by atoms with Gasteiger partial charge in [-0.3, -0.25) is 9.78 Å². The Balaban J connectivity index is 1.80. The molecule has 0 N–H and O–H groups in total. The monoisotopic (exact) mass is 443 g/mol. The first-order valence-electron chi connectivity index (χ1n) is 9.14. The van der Waals surface area contributed by atoms with Gasteiger partial charge in [-0.25, -0.2) is 4.98 Å². The van der Waals surface area contributed by atoms with Gasteiger partial charge in [-0.2, -0.15) is 30.9 Å². The summed E-state index contributed by atoms with van der Waals surface area (Å²) in [5.41, 5.74) is -1.69. The lowest BCUT2D eigenvalue weighted by molar-refractivity contribution is -0.141. The van der Waals surface area contributed by atoms with E-state index in [-0.39, 0.29) is 18.0 Å². The molecule has 0 spiro atoms. The quantitative estimate of drug-likeness (QED) is 0.537. The summed E-state index contributed by atoms with van der Waals surface area (Å²) < 4.78 is 79.0. The number of rotatable bonds is 1. The molecule has 1 aliphatic rings. The average molecular weight is 443 g/mol. The number of pyridine rings is 1. The van der Waals surface area contributed by atoms with Crippen molar-refractivity contribution in [2.75, 3.05) is 11.4 Å². The smallest absolute Gasteiger partial charge is 0.350 e. The first kappa shape index (κ1) is 21.1. The zero-order chi connectivity index (χ0) is 22.7. The molecule has 0 bridgehead atoms. The van der Waals surface area contributed by atoms with Gasteiger partial charge in [-0.15, -0.1) is 5.10 Å². The molecule has 0 saturated heterocycles. The van der Waals surface area contributed by atoms with E-state index >= 15 is 0 Å². The zero-order valence-corrected chi connectivity index (χ0v) is 16.3. The Morgan fingerprint density at radius 3 is 2.35 bits per heavy atom. The highest BCUT2D eigenvalue weighted by molar-refractivity contribution is 5.60. The topological polar surface area (TPSA) is 63.4 Å². The summed E-state index contributed by atoms with van der Waals surface area (Å²) in [7, 11) is 0. The van der Waals surface area contributed by atoms with Gasteiger partial charge in [0.2, 0.25) is 0 Å². The molecule has 0 atom stereocenters. The SMILES string of the molecule is Cc1c(N2CCc3ncc(C(F)(F)F)cc3C2)nn2c(=O)cc(C(F)(F)F)nc2c1C. The van der Waals surface area contributed by atoms with Crippen molar-refractivity contribution < 1.29 is 26.3 Å². The molecule has 0 unspecified atom stereocenters. The number of alkyl halides is 6. The first-order valence-corrected chi connectivity index (χ1v) is 9.14. The summed E-state index contributed by atoms with van der Waals surface area (Å²) in [6.07, 6.45) is -8.17. The van der Waals surface area contributed by atoms with E-state index in [4.69, 9.17) is 0 Å². The van der Waals surface area contributed by atoms with Crippen LogP contribution in [0.1, 0.15) is 33.6 Å². The lowest BCUT2D eigenvalue weighted by Crippen LogP contribution is -2.34. The van der Waals surface area contributed by atoms with Crippen LogP contribution in [0.15, 0.2) is 23.1 Å². The minimum Gasteiger partial charge on any atom is -0.350 e. The summed E-state index contributed by atoms with van der Waals surface area (Å²) >= 11 is 0. The Kier molecular flexibility index (Phi) is 4.70. The highest BCUT2D eigenvalue weighted by Gasteiger charge is 2.35. The van der Waals surface area contributed by atoms with E-state index < -0.39 is 29.2 Å². The van der Waals surface area contributed by atoms with Crippen molar-refractivity contribution in [2.24, 2.45) is 0 Å². The first-order chi connectivity index (χ1) is 14.4. The van der Waals surface area contributed by atoms with Crippen LogP contribution < -0.4 is 10.5 Å². The molecule has 0 fully saturated rings. The molecule has 0 aliphatic carbocycles. The second kappa shape index (κ2) is 6.92. The van der Waals surface area contributed by atoms with E-state index in [9.17, 15) is 31.1 Å². The van der Waals surface area contributed by atoms with Crippen LogP contribution >= 0.6 is 0 Å². The third-order valence-electron chi connectivity index (χ3n) is 5.28. The minimum absolute atomic E-state index is 0.0633. The third-order valence-corrected chi connectivity index (χ3v) is 5.28. The summed E-state index contributed by atoms with van der Waals surface area (Å²) in [6, 6.07) is 1.39. The Morgan fingerprint density at radius 1 is 1.00 bits per heavy atom. The molecule has 0 radical (unpaired) electrons. The van der Waals surface area contributed by atoms with E-state index in [1.54, 1.807) is 11.8 Å². The van der Waals surface area contributed by atoms with Crippen molar-refractivity contribution in [2.45, 2.75) is 39.2 Å². The van der Waals surface area contributed by atoms with Gasteiger partial charge in [0, 0.05) is 48.6 Å². The Bertz CT molecular complexity index is 1250. The van der Waals surface area contributed by atoms with Gasteiger partial charge in [0.1, 0.15) is 0 Å². The minimum atomic E-state index is -4.79. The number of aryl methyl sites for hydroxylation is 1. The van der Waals surface area contributed by atoms with E-state index in [0.717, 1.165) is 16.8 Å². The number of nitrogens with zero attached hydrogens (tertiary/aromatic N) is 5. The van der Waals surface area contributed by atoms with Crippen LogP contribution in [0.4, 0.5) is 32.2 Å². The summed E-state index contributed by atoms with van der Waals surface area (Å²) in [5, 5.41) is 4.18. The largest absolute Gasteiger partial charge is 0.433 e. The summed E-state index contributed by atoms with van der Waals surface area (Å²) in [6.45, 7) is 3.56.